The number of halogens is 1. The Morgan fingerprint density at radius 3 is 2.43 bits per heavy atom. The van der Waals surface area contributed by atoms with Gasteiger partial charge in [-0.1, -0.05) is 12.1 Å². The number of anilines is 1. The van der Waals surface area contributed by atoms with Crippen LogP contribution in [0.4, 0.5) is 10.1 Å². The van der Waals surface area contributed by atoms with E-state index in [0.29, 0.717) is 11.4 Å². The molecule has 0 aliphatic rings. The summed E-state index contributed by atoms with van der Waals surface area (Å²) in [7, 11) is 1.56. The zero-order valence-corrected chi connectivity index (χ0v) is 12.8. The fraction of sp³-hybridized carbons (Fsp3) is 0.176. The Labute approximate surface area is 133 Å². The summed E-state index contributed by atoms with van der Waals surface area (Å²) < 4.78 is 23.9. The molecular weight excluding hydrogens is 301 g/mol. The number of hydrogen-bond acceptors (Lipinski definition) is 4. The molecule has 2 aromatic rings. The lowest BCUT2D eigenvalue weighted by molar-refractivity contribution is -0.114. The number of esters is 1. The van der Waals surface area contributed by atoms with Crippen LogP contribution < -0.4 is 10.1 Å². The highest BCUT2D eigenvalue weighted by molar-refractivity contribution is 5.93. The van der Waals surface area contributed by atoms with Crippen LogP contribution in [0.1, 0.15) is 22.8 Å². The average Bonchev–Trinajstić information content (AvgIpc) is 2.54. The fourth-order valence-corrected chi connectivity index (χ4v) is 1.91. The third kappa shape index (κ3) is 4.54. The monoisotopic (exact) mass is 317 g/mol. The van der Waals surface area contributed by atoms with Crippen LogP contribution in [-0.4, -0.2) is 19.0 Å². The second-order valence-electron chi connectivity index (χ2n) is 4.80. The number of carbonyl (C=O) groups is 2. The van der Waals surface area contributed by atoms with Crippen molar-refractivity contribution in [2.75, 3.05) is 12.4 Å². The summed E-state index contributed by atoms with van der Waals surface area (Å²) >= 11 is 0. The van der Waals surface area contributed by atoms with E-state index in [1.54, 1.807) is 31.4 Å². The van der Waals surface area contributed by atoms with Gasteiger partial charge in [-0.3, -0.25) is 4.79 Å². The third-order valence-electron chi connectivity index (χ3n) is 3.04. The fourth-order valence-electron chi connectivity index (χ4n) is 1.91. The van der Waals surface area contributed by atoms with Gasteiger partial charge in [0.05, 0.1) is 12.7 Å². The lowest BCUT2D eigenvalue weighted by Gasteiger charge is -2.08. The third-order valence-corrected chi connectivity index (χ3v) is 3.04. The van der Waals surface area contributed by atoms with Crippen molar-refractivity contribution < 1.29 is 23.5 Å². The molecule has 5 nitrogen and oxygen atoms in total. The molecule has 1 amide bonds. The Kier molecular flexibility index (Phi) is 5.30. The van der Waals surface area contributed by atoms with Gasteiger partial charge < -0.3 is 14.8 Å². The summed E-state index contributed by atoms with van der Waals surface area (Å²) in [4.78, 5) is 23.0. The van der Waals surface area contributed by atoms with Crippen molar-refractivity contribution in [3.8, 4) is 5.75 Å². The maximum atomic E-state index is 13.8. The molecule has 1 N–H and O–H groups in total. The molecule has 0 atom stereocenters. The summed E-state index contributed by atoms with van der Waals surface area (Å²) in [6.07, 6.45) is 0. The minimum absolute atomic E-state index is 0.00658. The van der Waals surface area contributed by atoms with Gasteiger partial charge in [0.1, 0.15) is 18.2 Å². The van der Waals surface area contributed by atoms with Crippen LogP contribution in [0.25, 0.3) is 0 Å². The van der Waals surface area contributed by atoms with Gasteiger partial charge >= 0.3 is 5.97 Å². The number of methoxy groups -OCH3 is 1. The highest BCUT2D eigenvalue weighted by Crippen LogP contribution is 2.17. The predicted octanol–water partition coefficient (Wildman–Crippen LogP) is 3.15. The van der Waals surface area contributed by atoms with E-state index in [0.717, 1.165) is 11.6 Å². The first-order chi connectivity index (χ1) is 11.0. The molecule has 0 bridgehead atoms. The van der Waals surface area contributed by atoms with Crippen molar-refractivity contribution in [2.45, 2.75) is 13.5 Å². The van der Waals surface area contributed by atoms with E-state index >= 15 is 0 Å². The Balaban J connectivity index is 2.05. The molecule has 2 aromatic carbocycles. The van der Waals surface area contributed by atoms with Gasteiger partial charge in [0, 0.05) is 12.6 Å². The molecule has 0 aromatic heterocycles. The van der Waals surface area contributed by atoms with Crippen LogP contribution in [0, 0.1) is 5.82 Å². The Morgan fingerprint density at radius 1 is 1.13 bits per heavy atom. The first kappa shape index (κ1) is 16.5. The Morgan fingerprint density at radius 2 is 1.83 bits per heavy atom. The van der Waals surface area contributed by atoms with Crippen molar-refractivity contribution in [2.24, 2.45) is 0 Å². The molecule has 0 fully saturated rings. The summed E-state index contributed by atoms with van der Waals surface area (Å²) in [6, 6.07) is 10.7. The van der Waals surface area contributed by atoms with Gasteiger partial charge in [-0.05, 0) is 35.9 Å². The van der Waals surface area contributed by atoms with E-state index < -0.39 is 11.8 Å². The highest BCUT2D eigenvalue weighted by atomic mass is 19.1. The highest BCUT2D eigenvalue weighted by Gasteiger charge is 2.14. The van der Waals surface area contributed by atoms with Crippen molar-refractivity contribution in [1.82, 2.24) is 0 Å². The predicted molar refractivity (Wildman–Crippen MR) is 82.8 cm³/mol. The summed E-state index contributed by atoms with van der Waals surface area (Å²) in [5, 5.41) is 2.49. The normalized spacial score (nSPS) is 10.0. The largest absolute Gasteiger partial charge is 0.497 e. The second kappa shape index (κ2) is 7.40. The van der Waals surface area contributed by atoms with Crippen molar-refractivity contribution in [3.05, 3.63) is 59.4 Å². The number of rotatable bonds is 5. The molecule has 0 saturated heterocycles. The van der Waals surface area contributed by atoms with Gasteiger partial charge in [-0.25, -0.2) is 9.18 Å². The first-order valence-electron chi connectivity index (χ1n) is 6.87. The smallest absolute Gasteiger partial charge is 0.341 e. The molecule has 23 heavy (non-hydrogen) atoms. The first-order valence-corrected chi connectivity index (χ1v) is 6.87. The zero-order valence-electron chi connectivity index (χ0n) is 12.8. The molecule has 2 rings (SSSR count). The van der Waals surface area contributed by atoms with E-state index in [-0.39, 0.29) is 18.1 Å². The van der Waals surface area contributed by atoms with Gasteiger partial charge in [0.25, 0.3) is 0 Å². The second-order valence-corrected chi connectivity index (χ2v) is 4.80. The lowest BCUT2D eigenvalue weighted by atomic mass is 10.2. The van der Waals surface area contributed by atoms with Gasteiger partial charge in [-0.15, -0.1) is 0 Å². The maximum Gasteiger partial charge on any atom is 0.341 e. The van der Waals surface area contributed by atoms with E-state index in [1.807, 2.05) is 0 Å². The average molecular weight is 317 g/mol. The maximum absolute atomic E-state index is 13.8. The van der Waals surface area contributed by atoms with Gasteiger partial charge in [0.2, 0.25) is 5.91 Å². The summed E-state index contributed by atoms with van der Waals surface area (Å²) in [5.41, 5.74) is 0.845. The van der Waals surface area contributed by atoms with E-state index in [2.05, 4.69) is 5.32 Å². The van der Waals surface area contributed by atoms with E-state index in [1.165, 1.54) is 19.1 Å². The van der Waals surface area contributed by atoms with Crippen LogP contribution in [0.2, 0.25) is 0 Å². The number of amides is 1. The van der Waals surface area contributed by atoms with Crippen LogP contribution in [0.5, 0.6) is 5.75 Å². The molecule has 0 aliphatic heterocycles. The molecule has 0 saturated carbocycles. The Hall–Kier alpha value is -2.89. The minimum atomic E-state index is -0.800. The summed E-state index contributed by atoms with van der Waals surface area (Å²) in [6.45, 7) is 1.33. The molecule has 0 radical (unpaired) electrons. The van der Waals surface area contributed by atoms with Crippen molar-refractivity contribution in [3.63, 3.8) is 0 Å². The van der Waals surface area contributed by atoms with Crippen LogP contribution in [0.15, 0.2) is 42.5 Å². The molecule has 0 spiro atoms. The molecule has 0 aliphatic carbocycles. The SMILES string of the molecule is COc1ccc(COC(=O)c2cc(NC(C)=O)ccc2F)cc1. The van der Waals surface area contributed by atoms with Gasteiger partial charge in [-0.2, -0.15) is 0 Å². The standard InChI is InChI=1S/C17H16FNO4/c1-11(20)19-13-5-8-16(18)15(9-13)17(21)23-10-12-3-6-14(22-2)7-4-12/h3-9H,10H2,1-2H3,(H,19,20). The topological polar surface area (TPSA) is 64.6 Å². The van der Waals surface area contributed by atoms with E-state index in [4.69, 9.17) is 9.47 Å². The van der Waals surface area contributed by atoms with Crippen molar-refractivity contribution >= 4 is 17.6 Å². The molecule has 0 heterocycles. The zero-order chi connectivity index (χ0) is 16.8. The minimum Gasteiger partial charge on any atom is -0.497 e. The Bertz CT molecular complexity index is 713. The molecule has 6 heteroatoms. The number of benzene rings is 2. The lowest BCUT2D eigenvalue weighted by Crippen LogP contribution is -2.10. The summed E-state index contributed by atoms with van der Waals surface area (Å²) in [5.74, 6) is -1.13. The molecular formula is C17H16FNO4. The number of nitrogens with one attached hydrogen (secondary N) is 1. The van der Waals surface area contributed by atoms with Crippen LogP contribution in [0.3, 0.4) is 0 Å². The number of ether oxygens (including phenoxy) is 2. The molecule has 120 valence electrons. The van der Waals surface area contributed by atoms with Crippen LogP contribution in [-0.2, 0) is 16.1 Å². The van der Waals surface area contributed by atoms with Gasteiger partial charge in [0.15, 0.2) is 0 Å². The number of carbonyl (C=O) groups excluding carboxylic acids is 2. The van der Waals surface area contributed by atoms with E-state index in [9.17, 15) is 14.0 Å². The van der Waals surface area contributed by atoms with Crippen LogP contribution >= 0.6 is 0 Å². The molecule has 0 unspecified atom stereocenters. The van der Waals surface area contributed by atoms with Crippen molar-refractivity contribution in [1.29, 1.82) is 0 Å². The quantitative estimate of drug-likeness (QED) is 0.860. The number of hydrogen-bond donors (Lipinski definition) is 1.